The fourth-order valence-electron chi connectivity index (χ4n) is 3.28. The number of benzene rings is 2. The van der Waals surface area contributed by atoms with E-state index in [1.807, 2.05) is 12.3 Å². The monoisotopic (exact) mass is 330 g/mol. The molecule has 0 atom stereocenters. The van der Waals surface area contributed by atoms with Gasteiger partial charge in [0.1, 0.15) is 5.82 Å². The summed E-state index contributed by atoms with van der Waals surface area (Å²) in [5.41, 5.74) is 3.97. The Kier molecular flexibility index (Phi) is 4.59. The maximum atomic E-state index is 4.70. The highest BCUT2D eigenvalue weighted by atomic mass is 15.3. The highest BCUT2D eigenvalue weighted by molar-refractivity contribution is 5.66. The summed E-state index contributed by atoms with van der Waals surface area (Å²) < 4.78 is 0. The number of aromatic nitrogens is 2. The van der Waals surface area contributed by atoms with Gasteiger partial charge in [0.15, 0.2) is 0 Å². The Morgan fingerprint density at radius 2 is 1.80 bits per heavy atom. The zero-order valence-electron chi connectivity index (χ0n) is 14.2. The summed E-state index contributed by atoms with van der Waals surface area (Å²) in [6.45, 7) is 1.85. The molecular weight excluding hydrogens is 308 g/mol. The highest BCUT2D eigenvalue weighted by Gasteiger charge is 2.21. The Morgan fingerprint density at radius 3 is 2.72 bits per heavy atom. The molecule has 0 fully saturated rings. The fraction of sp³-hybridized carbons (Fsp3) is 0.238. The van der Waals surface area contributed by atoms with E-state index in [0.29, 0.717) is 0 Å². The van der Waals surface area contributed by atoms with Crippen molar-refractivity contribution in [2.24, 2.45) is 0 Å². The van der Waals surface area contributed by atoms with Crippen LogP contribution < -0.4 is 10.2 Å². The number of nitrogens with zero attached hydrogens (tertiary/aromatic N) is 3. The first kappa shape index (κ1) is 15.6. The lowest BCUT2D eigenvalue weighted by Crippen LogP contribution is -2.17. The van der Waals surface area contributed by atoms with E-state index in [2.05, 4.69) is 69.8 Å². The Labute approximate surface area is 148 Å². The minimum atomic E-state index is 0.776. The van der Waals surface area contributed by atoms with E-state index < -0.39 is 0 Å². The predicted octanol–water partition coefficient (Wildman–Crippen LogP) is 4.22. The Bertz CT molecular complexity index is 832. The molecule has 4 heteroatoms. The standard InChI is InChI=1S/C21H22N4/c1-2-7-17(8-3-1)9-6-14-22-20-12-15-23-21(24-20)25-16-13-18-10-4-5-11-19(18)25/h1-5,7-8,10-12,15H,6,9,13-14,16H2,(H,22,23,24). The molecule has 126 valence electrons. The van der Waals surface area contributed by atoms with Crippen molar-refractivity contribution in [2.75, 3.05) is 23.3 Å². The maximum Gasteiger partial charge on any atom is 0.231 e. The van der Waals surface area contributed by atoms with E-state index in [-0.39, 0.29) is 0 Å². The minimum absolute atomic E-state index is 0.776. The van der Waals surface area contributed by atoms with Crippen LogP contribution in [-0.4, -0.2) is 23.1 Å². The lowest BCUT2D eigenvalue weighted by atomic mass is 10.1. The van der Waals surface area contributed by atoms with E-state index in [1.165, 1.54) is 16.8 Å². The molecule has 0 saturated heterocycles. The molecule has 1 aliphatic rings. The molecule has 4 rings (SSSR count). The molecular formula is C21H22N4. The van der Waals surface area contributed by atoms with Crippen LogP contribution in [0, 0.1) is 0 Å². The van der Waals surface area contributed by atoms with E-state index in [1.54, 1.807) is 0 Å². The van der Waals surface area contributed by atoms with E-state index in [0.717, 1.165) is 44.1 Å². The van der Waals surface area contributed by atoms with Crippen molar-refractivity contribution < 1.29 is 0 Å². The molecule has 1 aromatic heterocycles. The van der Waals surface area contributed by atoms with Crippen molar-refractivity contribution in [1.82, 2.24) is 9.97 Å². The number of rotatable bonds is 6. The third-order valence-corrected chi connectivity index (χ3v) is 4.56. The summed E-state index contributed by atoms with van der Waals surface area (Å²) >= 11 is 0. The summed E-state index contributed by atoms with van der Waals surface area (Å²) in [4.78, 5) is 11.4. The molecule has 0 bridgehead atoms. The molecule has 2 heterocycles. The van der Waals surface area contributed by atoms with Crippen LogP contribution in [0.25, 0.3) is 0 Å². The van der Waals surface area contributed by atoms with Gasteiger partial charge in [-0.05, 0) is 42.5 Å². The van der Waals surface area contributed by atoms with Crippen molar-refractivity contribution >= 4 is 17.5 Å². The van der Waals surface area contributed by atoms with Crippen LogP contribution in [-0.2, 0) is 12.8 Å². The minimum Gasteiger partial charge on any atom is -0.370 e. The summed E-state index contributed by atoms with van der Waals surface area (Å²) in [6, 6.07) is 21.0. The number of aryl methyl sites for hydroxylation is 1. The van der Waals surface area contributed by atoms with Crippen molar-refractivity contribution in [2.45, 2.75) is 19.3 Å². The average Bonchev–Trinajstić information content (AvgIpc) is 3.11. The van der Waals surface area contributed by atoms with E-state index in [4.69, 9.17) is 4.98 Å². The molecule has 0 radical (unpaired) electrons. The topological polar surface area (TPSA) is 41.1 Å². The van der Waals surface area contributed by atoms with Crippen LogP contribution in [0.2, 0.25) is 0 Å². The van der Waals surface area contributed by atoms with Gasteiger partial charge in [0.05, 0.1) is 0 Å². The fourth-order valence-corrected chi connectivity index (χ4v) is 3.28. The normalized spacial score (nSPS) is 12.9. The van der Waals surface area contributed by atoms with Crippen LogP contribution in [0.1, 0.15) is 17.5 Å². The summed E-state index contributed by atoms with van der Waals surface area (Å²) in [5, 5.41) is 3.42. The van der Waals surface area contributed by atoms with Crippen molar-refractivity contribution in [1.29, 1.82) is 0 Å². The van der Waals surface area contributed by atoms with Crippen LogP contribution in [0.3, 0.4) is 0 Å². The van der Waals surface area contributed by atoms with Gasteiger partial charge in [-0.1, -0.05) is 48.5 Å². The zero-order valence-corrected chi connectivity index (χ0v) is 14.2. The summed E-state index contributed by atoms with van der Waals surface area (Å²) in [6.07, 6.45) is 5.04. The van der Waals surface area contributed by atoms with Crippen LogP contribution in [0.15, 0.2) is 66.9 Å². The number of anilines is 3. The molecule has 0 aliphatic carbocycles. The molecule has 0 spiro atoms. The second kappa shape index (κ2) is 7.34. The van der Waals surface area contributed by atoms with Gasteiger partial charge in [0.25, 0.3) is 0 Å². The van der Waals surface area contributed by atoms with E-state index in [9.17, 15) is 0 Å². The van der Waals surface area contributed by atoms with Crippen molar-refractivity contribution in [3.05, 3.63) is 78.0 Å². The van der Waals surface area contributed by atoms with Gasteiger partial charge < -0.3 is 10.2 Å². The average molecular weight is 330 g/mol. The van der Waals surface area contributed by atoms with Crippen LogP contribution in [0.5, 0.6) is 0 Å². The molecule has 0 amide bonds. The quantitative estimate of drug-likeness (QED) is 0.687. The molecule has 1 aliphatic heterocycles. The predicted molar refractivity (Wildman–Crippen MR) is 102 cm³/mol. The Balaban J connectivity index is 1.37. The third-order valence-electron chi connectivity index (χ3n) is 4.56. The van der Waals surface area contributed by atoms with Gasteiger partial charge in [-0.2, -0.15) is 4.98 Å². The van der Waals surface area contributed by atoms with Gasteiger partial charge in [0, 0.05) is 25.0 Å². The van der Waals surface area contributed by atoms with Gasteiger partial charge in [-0.3, -0.25) is 0 Å². The van der Waals surface area contributed by atoms with Gasteiger partial charge in [-0.15, -0.1) is 0 Å². The summed E-state index contributed by atoms with van der Waals surface area (Å²) in [5.74, 6) is 1.67. The van der Waals surface area contributed by atoms with Gasteiger partial charge in [-0.25, -0.2) is 4.98 Å². The molecule has 4 nitrogen and oxygen atoms in total. The highest BCUT2D eigenvalue weighted by Crippen LogP contribution is 2.32. The van der Waals surface area contributed by atoms with Crippen molar-refractivity contribution in [3.63, 3.8) is 0 Å². The van der Waals surface area contributed by atoms with Gasteiger partial charge >= 0.3 is 0 Å². The molecule has 0 unspecified atom stereocenters. The number of hydrogen-bond acceptors (Lipinski definition) is 4. The number of hydrogen-bond donors (Lipinski definition) is 1. The first-order valence-corrected chi connectivity index (χ1v) is 8.86. The first-order valence-electron chi connectivity index (χ1n) is 8.86. The van der Waals surface area contributed by atoms with Gasteiger partial charge in [0.2, 0.25) is 5.95 Å². The molecule has 1 N–H and O–H groups in total. The molecule has 3 aromatic rings. The second-order valence-corrected chi connectivity index (χ2v) is 6.29. The first-order chi connectivity index (χ1) is 12.4. The SMILES string of the molecule is c1ccc(CCCNc2ccnc(N3CCc4ccccc43)n2)cc1. The zero-order chi connectivity index (χ0) is 16.9. The number of fused-ring (bicyclic) bond motifs is 1. The smallest absolute Gasteiger partial charge is 0.231 e. The van der Waals surface area contributed by atoms with Crippen LogP contribution in [0.4, 0.5) is 17.5 Å². The largest absolute Gasteiger partial charge is 0.370 e. The van der Waals surface area contributed by atoms with E-state index >= 15 is 0 Å². The summed E-state index contributed by atoms with van der Waals surface area (Å²) in [7, 11) is 0. The van der Waals surface area contributed by atoms with Crippen LogP contribution >= 0.6 is 0 Å². The number of nitrogens with one attached hydrogen (secondary N) is 1. The van der Waals surface area contributed by atoms with Crippen molar-refractivity contribution in [3.8, 4) is 0 Å². The lowest BCUT2D eigenvalue weighted by Gasteiger charge is -2.17. The molecule has 2 aromatic carbocycles. The molecule has 25 heavy (non-hydrogen) atoms. The number of para-hydroxylation sites is 1. The molecule has 0 saturated carbocycles. The second-order valence-electron chi connectivity index (χ2n) is 6.29. The lowest BCUT2D eigenvalue weighted by molar-refractivity contribution is 0.855. The Morgan fingerprint density at radius 1 is 0.960 bits per heavy atom. The third kappa shape index (κ3) is 3.63. The Hall–Kier alpha value is -2.88. The maximum absolute atomic E-state index is 4.70.